The maximum atomic E-state index is 14.0. The van der Waals surface area contributed by atoms with Crippen molar-refractivity contribution in [1.82, 2.24) is 10.6 Å². The first kappa shape index (κ1) is 33.1. The standard InChI is InChI=1S/C29H43F3N2O7/c1-14(9-19-13-40-22(12-35)17(4)33-19)21-8-7-18(29(30,31)32)10-20-25(34-20)15(2)26(38)16(3)27(39)28(5,6)23(36)11-24(37)41-21/h7,9,13,15-17,20-23,25-26,33-36,38H,8,10-12H2,1-6H3/b14-9+,18-7+/t15-,16+,17?,20?,21-,22?,23-,25?,26-/m0/s1. The SMILES string of the molecule is C/C(=C\C1=COC(CO)C(C)N1)[C@@H]1C/C=C(/C(F)(F)F)CC2NC2[C@H](C)[C@H](O)[C@@H](C)C(=O)C(C)(C)[C@@H](O)CC(=O)O1. The van der Waals surface area contributed by atoms with Crippen LogP contribution >= 0.6 is 0 Å². The van der Waals surface area contributed by atoms with Crippen molar-refractivity contribution in [3.63, 3.8) is 0 Å². The fourth-order valence-corrected chi connectivity index (χ4v) is 5.50. The van der Waals surface area contributed by atoms with Gasteiger partial charge >= 0.3 is 12.1 Å². The zero-order valence-electron chi connectivity index (χ0n) is 24.4. The van der Waals surface area contributed by atoms with Gasteiger partial charge in [-0.15, -0.1) is 0 Å². The van der Waals surface area contributed by atoms with E-state index in [1.165, 1.54) is 27.0 Å². The Morgan fingerprint density at radius 3 is 2.41 bits per heavy atom. The van der Waals surface area contributed by atoms with E-state index >= 15 is 0 Å². The number of Topliss-reactive ketones (excluding diaryl/α,β-unsaturated/α-hetero) is 1. The fourth-order valence-electron chi connectivity index (χ4n) is 5.50. The smallest absolute Gasteiger partial charge is 0.412 e. The van der Waals surface area contributed by atoms with E-state index in [4.69, 9.17) is 9.47 Å². The van der Waals surface area contributed by atoms with Crippen LogP contribution in [0, 0.1) is 17.3 Å². The van der Waals surface area contributed by atoms with Gasteiger partial charge in [-0.05, 0) is 37.8 Å². The molecule has 3 heterocycles. The van der Waals surface area contributed by atoms with E-state index in [1.54, 1.807) is 26.8 Å². The van der Waals surface area contributed by atoms with Crippen molar-refractivity contribution < 1.29 is 47.6 Å². The average Bonchev–Trinajstić information content (AvgIpc) is 3.66. The molecule has 12 heteroatoms. The topological polar surface area (TPSA) is 147 Å². The van der Waals surface area contributed by atoms with Gasteiger partial charge in [0.25, 0.3) is 0 Å². The van der Waals surface area contributed by atoms with E-state index in [0.29, 0.717) is 11.3 Å². The number of aliphatic hydroxyl groups excluding tert-OH is 3. The Bertz CT molecular complexity index is 1070. The van der Waals surface area contributed by atoms with Crippen LogP contribution in [-0.2, 0) is 19.1 Å². The summed E-state index contributed by atoms with van der Waals surface area (Å²) in [5.41, 5.74) is -1.28. The number of fused-ring (bicyclic) bond motifs is 1. The van der Waals surface area contributed by atoms with Crippen molar-refractivity contribution in [2.45, 2.75) is 110 Å². The highest BCUT2D eigenvalue weighted by Crippen LogP contribution is 2.38. The van der Waals surface area contributed by atoms with Crippen molar-refractivity contribution in [2.24, 2.45) is 17.3 Å². The number of carbonyl (C=O) groups is 2. The minimum Gasteiger partial charge on any atom is -0.491 e. The number of aliphatic hydroxyl groups is 3. The summed E-state index contributed by atoms with van der Waals surface area (Å²) in [6.45, 7) is 9.38. The minimum atomic E-state index is -4.63. The molecule has 0 aromatic rings. The summed E-state index contributed by atoms with van der Waals surface area (Å²) in [6.07, 6.45) is -6.01. The van der Waals surface area contributed by atoms with Gasteiger partial charge in [0.2, 0.25) is 0 Å². The largest absolute Gasteiger partial charge is 0.491 e. The van der Waals surface area contributed by atoms with Crippen LogP contribution < -0.4 is 10.6 Å². The summed E-state index contributed by atoms with van der Waals surface area (Å²) in [6, 6.07) is -1.22. The maximum absolute atomic E-state index is 14.0. The molecule has 0 aromatic carbocycles. The van der Waals surface area contributed by atoms with Crippen LogP contribution in [0.15, 0.2) is 35.3 Å². The molecule has 0 radical (unpaired) electrons. The number of hydrogen-bond donors (Lipinski definition) is 5. The van der Waals surface area contributed by atoms with Gasteiger partial charge < -0.3 is 35.4 Å². The van der Waals surface area contributed by atoms with E-state index in [2.05, 4.69) is 10.6 Å². The minimum absolute atomic E-state index is 0.208. The lowest BCUT2D eigenvalue weighted by atomic mass is 9.73. The molecule has 0 amide bonds. The van der Waals surface area contributed by atoms with Gasteiger partial charge in [-0.2, -0.15) is 13.2 Å². The highest BCUT2D eigenvalue weighted by Gasteiger charge is 2.49. The molecule has 3 aliphatic rings. The molecule has 9 atom stereocenters. The Hall–Kier alpha value is -2.41. The third kappa shape index (κ3) is 7.91. The predicted molar refractivity (Wildman–Crippen MR) is 144 cm³/mol. The van der Waals surface area contributed by atoms with Crippen molar-refractivity contribution in [3.8, 4) is 0 Å². The van der Waals surface area contributed by atoms with Gasteiger partial charge in [0.15, 0.2) is 0 Å². The third-order valence-corrected chi connectivity index (χ3v) is 8.64. The van der Waals surface area contributed by atoms with E-state index in [-0.39, 0.29) is 25.5 Å². The first-order valence-corrected chi connectivity index (χ1v) is 14.0. The van der Waals surface area contributed by atoms with Crippen LogP contribution in [0.3, 0.4) is 0 Å². The Balaban J connectivity index is 1.96. The number of rotatable bonds is 3. The fraction of sp³-hybridized carbons (Fsp3) is 0.724. The number of nitrogens with one attached hydrogen (secondary N) is 2. The number of ketones is 1. The van der Waals surface area contributed by atoms with Gasteiger partial charge in [-0.3, -0.25) is 9.59 Å². The number of cyclic esters (lactones) is 1. The Morgan fingerprint density at radius 1 is 1.17 bits per heavy atom. The Morgan fingerprint density at radius 2 is 1.83 bits per heavy atom. The van der Waals surface area contributed by atoms with E-state index < -0.39 is 83.7 Å². The summed E-state index contributed by atoms with van der Waals surface area (Å²) in [5.74, 6) is -2.80. The van der Waals surface area contributed by atoms with E-state index in [9.17, 15) is 38.1 Å². The first-order valence-electron chi connectivity index (χ1n) is 14.0. The molecule has 0 aliphatic carbocycles. The third-order valence-electron chi connectivity index (χ3n) is 8.64. The Labute approximate surface area is 238 Å². The maximum Gasteiger partial charge on any atom is 0.412 e. The molecule has 5 N–H and O–H groups in total. The van der Waals surface area contributed by atoms with Gasteiger partial charge in [0.1, 0.15) is 24.3 Å². The molecule has 9 nitrogen and oxygen atoms in total. The van der Waals surface area contributed by atoms with Crippen LogP contribution in [0.4, 0.5) is 13.2 Å². The van der Waals surface area contributed by atoms with Crippen LogP contribution in [0.1, 0.15) is 60.8 Å². The summed E-state index contributed by atoms with van der Waals surface area (Å²) in [4.78, 5) is 26.3. The van der Waals surface area contributed by atoms with Crippen LogP contribution in [-0.4, -0.2) is 82.4 Å². The summed E-state index contributed by atoms with van der Waals surface area (Å²) in [7, 11) is 0. The zero-order valence-corrected chi connectivity index (χ0v) is 24.4. The van der Waals surface area contributed by atoms with Crippen molar-refractivity contribution in [1.29, 1.82) is 0 Å². The lowest BCUT2D eigenvalue weighted by Crippen LogP contribution is -2.46. The number of ether oxygens (including phenoxy) is 2. The van der Waals surface area contributed by atoms with Gasteiger partial charge in [0, 0.05) is 30.0 Å². The summed E-state index contributed by atoms with van der Waals surface area (Å²) < 4.78 is 53.2. The van der Waals surface area contributed by atoms with Crippen LogP contribution in [0.5, 0.6) is 0 Å². The molecule has 0 spiro atoms. The number of allylic oxidation sites excluding steroid dienone is 1. The van der Waals surface area contributed by atoms with E-state index in [0.717, 1.165) is 6.08 Å². The summed E-state index contributed by atoms with van der Waals surface area (Å²) in [5, 5.41) is 37.3. The average molecular weight is 589 g/mol. The van der Waals surface area contributed by atoms with Crippen LogP contribution in [0.25, 0.3) is 0 Å². The molecular weight excluding hydrogens is 545 g/mol. The van der Waals surface area contributed by atoms with Gasteiger partial charge in [-0.25, -0.2) is 0 Å². The van der Waals surface area contributed by atoms with E-state index in [1.807, 2.05) is 0 Å². The molecule has 1 fully saturated rings. The quantitative estimate of drug-likeness (QED) is 0.191. The monoisotopic (exact) mass is 588 g/mol. The number of esters is 1. The number of alkyl halides is 3. The molecule has 0 saturated carbocycles. The number of halogens is 3. The second kappa shape index (κ2) is 12.8. The van der Waals surface area contributed by atoms with Gasteiger partial charge in [0.05, 0.1) is 42.4 Å². The second-order valence-electron chi connectivity index (χ2n) is 12.1. The molecule has 3 aliphatic heterocycles. The number of carbonyl (C=O) groups excluding carboxylic acids is 2. The van der Waals surface area contributed by atoms with Crippen molar-refractivity contribution in [2.75, 3.05) is 6.61 Å². The highest BCUT2D eigenvalue weighted by atomic mass is 19.4. The molecule has 4 unspecified atom stereocenters. The molecule has 0 aromatic heterocycles. The molecule has 232 valence electrons. The first-order chi connectivity index (χ1) is 19.0. The number of hydrogen-bond acceptors (Lipinski definition) is 9. The predicted octanol–water partition coefficient (Wildman–Crippen LogP) is 2.66. The highest BCUT2D eigenvalue weighted by molar-refractivity contribution is 5.88. The lowest BCUT2D eigenvalue weighted by Gasteiger charge is -2.34. The zero-order chi connectivity index (χ0) is 30.9. The molecule has 41 heavy (non-hydrogen) atoms. The molecule has 1 saturated heterocycles. The van der Waals surface area contributed by atoms with Crippen LogP contribution in [0.2, 0.25) is 0 Å². The van der Waals surface area contributed by atoms with Gasteiger partial charge in [-0.1, -0.05) is 33.8 Å². The molecule has 0 bridgehead atoms. The molecular formula is C29H43F3N2O7. The lowest BCUT2D eigenvalue weighted by molar-refractivity contribution is -0.154. The summed E-state index contributed by atoms with van der Waals surface area (Å²) >= 11 is 0. The van der Waals surface area contributed by atoms with Crippen molar-refractivity contribution >= 4 is 11.8 Å². The Kier molecular flexibility index (Phi) is 10.4. The normalized spacial score (nSPS) is 38.8. The van der Waals surface area contributed by atoms with Crippen molar-refractivity contribution in [3.05, 3.63) is 35.3 Å². The molecule has 3 rings (SSSR count). The second-order valence-corrected chi connectivity index (χ2v) is 12.1.